The van der Waals surface area contributed by atoms with Crippen molar-refractivity contribution in [2.45, 2.75) is 13.0 Å². The third-order valence-corrected chi connectivity index (χ3v) is 4.81. The molecule has 0 saturated carbocycles. The van der Waals surface area contributed by atoms with Gasteiger partial charge in [0.25, 0.3) is 5.91 Å². The third kappa shape index (κ3) is 6.07. The van der Waals surface area contributed by atoms with E-state index in [-0.39, 0.29) is 11.3 Å². The summed E-state index contributed by atoms with van der Waals surface area (Å²) < 4.78 is 19.7. The molecule has 0 radical (unpaired) electrons. The van der Waals surface area contributed by atoms with E-state index in [1.807, 2.05) is 24.3 Å². The van der Waals surface area contributed by atoms with E-state index in [1.54, 1.807) is 36.4 Å². The van der Waals surface area contributed by atoms with Crippen molar-refractivity contribution in [1.82, 2.24) is 0 Å². The summed E-state index contributed by atoms with van der Waals surface area (Å²) >= 11 is 5.91. The Morgan fingerprint density at radius 1 is 1.16 bits per heavy atom. The molecule has 6 heteroatoms. The topological polar surface area (TPSA) is 62.1 Å². The van der Waals surface area contributed by atoms with E-state index in [1.165, 1.54) is 24.3 Å². The van der Waals surface area contributed by atoms with Gasteiger partial charge in [-0.3, -0.25) is 4.79 Å². The number of allylic oxidation sites excluding steroid dienone is 1. The largest absolute Gasteiger partial charge is 0.489 e. The van der Waals surface area contributed by atoms with Crippen LogP contribution >= 0.6 is 11.6 Å². The van der Waals surface area contributed by atoms with Gasteiger partial charge < -0.3 is 10.1 Å². The lowest BCUT2D eigenvalue weighted by molar-refractivity contribution is -0.112. The zero-order valence-electron chi connectivity index (χ0n) is 17.1. The molecule has 3 aromatic rings. The zero-order chi connectivity index (χ0) is 22.9. The molecule has 0 heterocycles. The summed E-state index contributed by atoms with van der Waals surface area (Å²) in [4.78, 5) is 12.4. The van der Waals surface area contributed by atoms with Gasteiger partial charge in [-0.05, 0) is 65.6 Å². The molecular formula is C26H20ClFN2O2. The van der Waals surface area contributed by atoms with Gasteiger partial charge in [0.1, 0.15) is 29.8 Å². The smallest absolute Gasteiger partial charge is 0.266 e. The van der Waals surface area contributed by atoms with Crippen molar-refractivity contribution in [3.8, 4) is 11.8 Å². The highest BCUT2D eigenvalue weighted by molar-refractivity contribution is 6.30. The number of nitrogens with zero attached hydrogens (tertiary/aromatic N) is 1. The number of carbonyl (C=O) groups is 1. The predicted molar refractivity (Wildman–Crippen MR) is 125 cm³/mol. The molecule has 4 nitrogen and oxygen atoms in total. The number of rotatable bonds is 8. The molecular weight excluding hydrogens is 427 g/mol. The Balaban J connectivity index is 1.79. The van der Waals surface area contributed by atoms with E-state index in [2.05, 4.69) is 11.9 Å². The number of nitriles is 1. The first-order valence-electron chi connectivity index (χ1n) is 9.79. The maximum absolute atomic E-state index is 13.8. The lowest BCUT2D eigenvalue weighted by atomic mass is 10.0. The molecule has 32 heavy (non-hydrogen) atoms. The van der Waals surface area contributed by atoms with Gasteiger partial charge in [0.15, 0.2) is 0 Å². The highest BCUT2D eigenvalue weighted by atomic mass is 35.5. The fraction of sp³-hybridized carbons (Fsp3) is 0.0769. The Morgan fingerprint density at radius 2 is 1.91 bits per heavy atom. The number of hydrogen-bond donors (Lipinski definition) is 1. The van der Waals surface area contributed by atoms with Crippen LogP contribution in [0.5, 0.6) is 5.75 Å². The molecule has 0 saturated heterocycles. The van der Waals surface area contributed by atoms with Crippen LogP contribution in [-0.4, -0.2) is 5.91 Å². The Labute approximate surface area is 191 Å². The molecule has 1 amide bonds. The molecule has 0 aliphatic heterocycles. The number of amides is 1. The fourth-order valence-electron chi connectivity index (χ4n) is 2.95. The molecule has 160 valence electrons. The molecule has 0 aliphatic carbocycles. The molecule has 0 unspecified atom stereocenters. The maximum Gasteiger partial charge on any atom is 0.266 e. The number of ether oxygens (including phenoxy) is 1. The van der Waals surface area contributed by atoms with Crippen molar-refractivity contribution >= 4 is 29.3 Å². The van der Waals surface area contributed by atoms with Crippen LogP contribution in [0.25, 0.3) is 6.08 Å². The maximum atomic E-state index is 13.8. The van der Waals surface area contributed by atoms with Crippen molar-refractivity contribution < 1.29 is 13.9 Å². The molecule has 0 atom stereocenters. The van der Waals surface area contributed by atoms with Gasteiger partial charge >= 0.3 is 0 Å². The SMILES string of the molecule is C=CCc1cc(/C=C(/C#N)C(=O)Nc2ccccc2F)ccc1OCc1ccc(Cl)cc1. The first kappa shape index (κ1) is 22.8. The van der Waals surface area contributed by atoms with Crippen LogP contribution in [0.1, 0.15) is 16.7 Å². The Morgan fingerprint density at radius 3 is 2.59 bits per heavy atom. The minimum Gasteiger partial charge on any atom is -0.489 e. The van der Waals surface area contributed by atoms with Crippen LogP contribution in [0.15, 0.2) is 85.0 Å². The molecule has 0 aliphatic rings. The zero-order valence-corrected chi connectivity index (χ0v) is 17.9. The van der Waals surface area contributed by atoms with Crippen LogP contribution < -0.4 is 10.1 Å². The molecule has 1 N–H and O–H groups in total. The number of anilines is 1. The van der Waals surface area contributed by atoms with Crippen molar-refractivity contribution in [3.63, 3.8) is 0 Å². The Hall–Kier alpha value is -3.88. The second-order valence-corrected chi connectivity index (χ2v) is 7.32. The predicted octanol–water partition coefficient (Wildman–Crippen LogP) is 6.33. The quantitative estimate of drug-likeness (QED) is 0.250. The summed E-state index contributed by atoms with van der Waals surface area (Å²) in [7, 11) is 0. The third-order valence-electron chi connectivity index (χ3n) is 4.55. The number of para-hydroxylation sites is 1. The van der Waals surface area contributed by atoms with Gasteiger partial charge in [0.2, 0.25) is 0 Å². The average Bonchev–Trinajstić information content (AvgIpc) is 2.79. The summed E-state index contributed by atoms with van der Waals surface area (Å²) in [5.74, 6) is -0.592. The number of nitrogens with one attached hydrogen (secondary N) is 1. The van der Waals surface area contributed by atoms with E-state index in [0.29, 0.717) is 29.4 Å². The van der Waals surface area contributed by atoms with Crippen molar-refractivity contribution in [2.24, 2.45) is 0 Å². The average molecular weight is 447 g/mol. The molecule has 3 rings (SSSR count). The van der Waals surface area contributed by atoms with Crippen molar-refractivity contribution in [2.75, 3.05) is 5.32 Å². The monoisotopic (exact) mass is 446 g/mol. The van der Waals surface area contributed by atoms with Crippen molar-refractivity contribution in [1.29, 1.82) is 5.26 Å². The lowest BCUT2D eigenvalue weighted by Gasteiger charge is -2.12. The first-order chi connectivity index (χ1) is 15.5. The Bertz CT molecular complexity index is 1200. The van der Waals surface area contributed by atoms with Gasteiger partial charge in [-0.1, -0.05) is 48.0 Å². The lowest BCUT2D eigenvalue weighted by Crippen LogP contribution is -2.14. The standard InChI is InChI=1S/C26H20ClFN2O2/c1-2-5-20-14-19(10-13-25(20)32-17-18-8-11-22(27)12-9-18)15-21(16-29)26(31)30-24-7-4-3-6-23(24)28/h2-4,6-15H,1,5,17H2,(H,30,31)/b21-15-. The minimum atomic E-state index is -0.689. The second-order valence-electron chi connectivity index (χ2n) is 6.88. The van der Waals surface area contributed by atoms with E-state index in [4.69, 9.17) is 16.3 Å². The second kappa shape index (κ2) is 10.9. The van der Waals surface area contributed by atoms with Gasteiger partial charge in [0.05, 0.1) is 5.69 Å². The van der Waals surface area contributed by atoms with Gasteiger partial charge in [-0.25, -0.2) is 4.39 Å². The summed E-state index contributed by atoms with van der Waals surface area (Å²) in [6.07, 6.45) is 3.74. The summed E-state index contributed by atoms with van der Waals surface area (Å²) in [6, 6.07) is 20.4. The number of benzene rings is 3. The molecule has 0 spiro atoms. The summed E-state index contributed by atoms with van der Waals surface area (Å²) in [5.41, 5.74) is 2.33. The van der Waals surface area contributed by atoms with Crippen molar-refractivity contribution in [3.05, 3.63) is 112 Å². The number of hydrogen-bond acceptors (Lipinski definition) is 3. The fourth-order valence-corrected chi connectivity index (χ4v) is 3.08. The summed E-state index contributed by atoms with van der Waals surface area (Å²) in [6.45, 7) is 4.14. The molecule has 0 bridgehead atoms. The van der Waals surface area contributed by atoms with E-state index in [0.717, 1.165) is 11.1 Å². The van der Waals surface area contributed by atoms with Gasteiger partial charge in [-0.15, -0.1) is 6.58 Å². The normalized spacial score (nSPS) is 10.8. The highest BCUT2D eigenvalue weighted by Gasteiger charge is 2.12. The van der Waals surface area contributed by atoms with Gasteiger partial charge in [-0.2, -0.15) is 5.26 Å². The van der Waals surface area contributed by atoms with E-state index < -0.39 is 11.7 Å². The van der Waals surface area contributed by atoms with Crippen LogP contribution in [0.2, 0.25) is 5.02 Å². The Kier molecular flexibility index (Phi) is 7.80. The van der Waals surface area contributed by atoms with Crippen LogP contribution in [0, 0.1) is 17.1 Å². The van der Waals surface area contributed by atoms with Crippen LogP contribution in [-0.2, 0) is 17.8 Å². The van der Waals surface area contributed by atoms with Crippen LogP contribution in [0.4, 0.5) is 10.1 Å². The molecule has 0 aromatic heterocycles. The van der Waals surface area contributed by atoms with E-state index in [9.17, 15) is 14.4 Å². The van der Waals surface area contributed by atoms with E-state index >= 15 is 0 Å². The number of halogens is 2. The van der Waals surface area contributed by atoms with Crippen LogP contribution in [0.3, 0.4) is 0 Å². The molecule has 0 fully saturated rings. The first-order valence-corrected chi connectivity index (χ1v) is 10.2. The number of carbonyl (C=O) groups excluding carboxylic acids is 1. The summed E-state index contributed by atoms with van der Waals surface area (Å²) in [5, 5.41) is 12.5. The highest BCUT2D eigenvalue weighted by Crippen LogP contribution is 2.24. The van der Waals surface area contributed by atoms with Gasteiger partial charge in [0, 0.05) is 5.02 Å². The molecule has 3 aromatic carbocycles. The minimum absolute atomic E-state index is 0.0111.